The van der Waals surface area contributed by atoms with Crippen molar-refractivity contribution < 1.29 is 14.3 Å². The number of thiophene rings is 1. The van der Waals surface area contributed by atoms with Crippen molar-refractivity contribution in [3.05, 3.63) is 40.6 Å². The molecule has 3 heterocycles. The Morgan fingerprint density at radius 1 is 1.25 bits per heavy atom. The minimum Gasteiger partial charge on any atom is -0.486 e. The molecule has 1 N–H and O–H groups in total. The highest BCUT2D eigenvalue weighted by Crippen LogP contribution is 2.35. The number of nitrogens with zero attached hydrogens (tertiary/aromatic N) is 3. The fourth-order valence-electron chi connectivity index (χ4n) is 2.65. The molecule has 1 amide bonds. The Morgan fingerprint density at radius 3 is 2.86 bits per heavy atom. The number of amides is 1. The summed E-state index contributed by atoms with van der Waals surface area (Å²) >= 11 is 4.45. The van der Waals surface area contributed by atoms with Gasteiger partial charge in [-0.15, -0.1) is 21.5 Å². The Balaban J connectivity index is 1.53. The lowest BCUT2D eigenvalue weighted by atomic mass is 10.2. The van der Waals surface area contributed by atoms with Gasteiger partial charge in [-0.3, -0.25) is 4.79 Å². The molecule has 1 aliphatic rings. The van der Waals surface area contributed by atoms with E-state index in [1.165, 1.54) is 23.1 Å². The minimum absolute atomic E-state index is 0.00344. The summed E-state index contributed by atoms with van der Waals surface area (Å²) in [4.78, 5) is 16.0. The van der Waals surface area contributed by atoms with E-state index in [1.54, 1.807) is 23.3 Å². The normalized spacial score (nSPS) is 12.6. The van der Waals surface area contributed by atoms with Gasteiger partial charge in [0.05, 0.1) is 12.3 Å². The van der Waals surface area contributed by atoms with E-state index in [9.17, 15) is 4.79 Å². The molecule has 0 unspecified atom stereocenters. The molecule has 7 nitrogen and oxygen atoms in total. The zero-order valence-electron chi connectivity index (χ0n) is 15.1. The van der Waals surface area contributed by atoms with Crippen molar-refractivity contribution in [2.24, 2.45) is 0 Å². The number of hydrogen-bond acceptors (Lipinski definition) is 9. The van der Waals surface area contributed by atoms with Crippen LogP contribution in [0.3, 0.4) is 0 Å². The summed E-state index contributed by atoms with van der Waals surface area (Å²) in [5.41, 5.74) is 0.788. The number of thioether (sulfide) groups is 1. The van der Waals surface area contributed by atoms with Gasteiger partial charge in [0.1, 0.15) is 13.2 Å². The summed E-state index contributed by atoms with van der Waals surface area (Å²) in [6.07, 6.45) is 0. The first-order valence-corrected chi connectivity index (χ1v) is 11.3. The predicted molar refractivity (Wildman–Crippen MR) is 113 cm³/mol. The van der Waals surface area contributed by atoms with Crippen molar-refractivity contribution in [3.8, 4) is 11.5 Å². The van der Waals surface area contributed by atoms with Gasteiger partial charge in [-0.05, 0) is 23.6 Å². The second-order valence-electron chi connectivity index (χ2n) is 5.80. The van der Waals surface area contributed by atoms with Crippen molar-refractivity contribution in [1.82, 2.24) is 10.2 Å². The zero-order chi connectivity index (χ0) is 19.3. The molecule has 0 bridgehead atoms. The van der Waals surface area contributed by atoms with Crippen molar-refractivity contribution >= 4 is 51.2 Å². The average molecular weight is 435 g/mol. The fourth-order valence-corrected chi connectivity index (χ4v) is 4.93. The van der Waals surface area contributed by atoms with Crippen LogP contribution in [0.5, 0.6) is 11.5 Å². The second kappa shape index (κ2) is 8.80. The quantitative estimate of drug-likeness (QED) is 0.568. The van der Waals surface area contributed by atoms with E-state index in [2.05, 4.69) is 15.5 Å². The molecule has 28 heavy (non-hydrogen) atoms. The van der Waals surface area contributed by atoms with Crippen LogP contribution in [0.4, 0.5) is 10.8 Å². The molecule has 0 spiro atoms. The number of rotatable bonds is 7. The molecule has 1 aromatic carbocycles. The average Bonchev–Trinajstić information content (AvgIpc) is 3.41. The molecule has 3 aromatic rings. The summed E-state index contributed by atoms with van der Waals surface area (Å²) < 4.78 is 12.0. The van der Waals surface area contributed by atoms with Gasteiger partial charge in [-0.2, -0.15) is 0 Å². The van der Waals surface area contributed by atoms with E-state index in [0.29, 0.717) is 31.3 Å². The van der Waals surface area contributed by atoms with Gasteiger partial charge < -0.3 is 19.7 Å². The molecule has 146 valence electrons. The number of carbonyl (C=O) groups excluding carboxylic acids is 1. The van der Waals surface area contributed by atoms with Crippen molar-refractivity contribution in [2.45, 2.75) is 10.9 Å². The second-order valence-corrected chi connectivity index (χ2v) is 9.03. The van der Waals surface area contributed by atoms with Crippen LogP contribution in [0.15, 0.2) is 40.1 Å². The maximum Gasteiger partial charge on any atom is 0.237 e. The topological polar surface area (TPSA) is 76.6 Å². The Hall–Kier alpha value is -2.30. The highest BCUT2D eigenvalue weighted by atomic mass is 32.2. The first-order valence-electron chi connectivity index (χ1n) is 8.59. The molecule has 2 aromatic heterocycles. The maximum atomic E-state index is 13.1. The third-order valence-corrected chi connectivity index (χ3v) is 6.89. The van der Waals surface area contributed by atoms with E-state index in [4.69, 9.17) is 9.47 Å². The summed E-state index contributed by atoms with van der Waals surface area (Å²) in [5.74, 6) is 1.65. The number of ether oxygens (including phenoxy) is 2. The number of carbonyl (C=O) groups is 1. The minimum atomic E-state index is -0.00344. The van der Waals surface area contributed by atoms with Crippen LogP contribution in [0, 0.1) is 0 Å². The zero-order valence-corrected chi connectivity index (χ0v) is 17.5. The number of nitrogens with one attached hydrogen (secondary N) is 1. The molecule has 0 saturated heterocycles. The smallest absolute Gasteiger partial charge is 0.237 e. The van der Waals surface area contributed by atoms with E-state index in [-0.39, 0.29) is 11.7 Å². The lowest BCUT2D eigenvalue weighted by Gasteiger charge is -2.25. The first-order chi connectivity index (χ1) is 13.7. The number of anilines is 2. The largest absolute Gasteiger partial charge is 0.486 e. The Labute approximate surface area is 174 Å². The van der Waals surface area contributed by atoms with Gasteiger partial charge in [0.2, 0.25) is 11.0 Å². The Morgan fingerprint density at radius 2 is 2.11 bits per heavy atom. The van der Waals surface area contributed by atoms with Crippen molar-refractivity contribution in [3.63, 3.8) is 0 Å². The fraction of sp³-hybridized carbons (Fsp3) is 0.278. The van der Waals surface area contributed by atoms with Crippen LogP contribution in [0.25, 0.3) is 0 Å². The first kappa shape index (κ1) is 19.0. The standard InChI is InChI=1S/C18H18N4O3S3/c1-19-17-20-21-18(28-17)27-11-16(23)22(10-13-3-2-8-26-13)12-4-5-14-15(9-12)25-7-6-24-14/h2-5,8-9H,6-7,10-11H2,1H3,(H,19,20). The SMILES string of the molecule is CNc1nnc(SCC(=O)N(Cc2cccs2)c2ccc3c(c2)OCCO3)s1. The van der Waals surface area contributed by atoms with Gasteiger partial charge in [0, 0.05) is 23.7 Å². The van der Waals surface area contributed by atoms with Crippen LogP contribution in [0.1, 0.15) is 4.88 Å². The molecule has 0 saturated carbocycles. The van der Waals surface area contributed by atoms with Gasteiger partial charge in [0.15, 0.2) is 15.8 Å². The number of aromatic nitrogens is 2. The van der Waals surface area contributed by atoms with Gasteiger partial charge in [-0.1, -0.05) is 29.2 Å². The van der Waals surface area contributed by atoms with Crippen molar-refractivity contribution in [1.29, 1.82) is 0 Å². The highest BCUT2D eigenvalue weighted by Gasteiger charge is 2.21. The molecule has 0 radical (unpaired) electrons. The predicted octanol–water partition coefficient (Wildman–Crippen LogP) is 3.74. The van der Waals surface area contributed by atoms with Crippen LogP contribution >= 0.6 is 34.4 Å². The summed E-state index contributed by atoms with van der Waals surface area (Å²) in [6.45, 7) is 1.56. The van der Waals surface area contributed by atoms with Gasteiger partial charge in [-0.25, -0.2) is 0 Å². The monoisotopic (exact) mass is 434 g/mol. The molecule has 0 atom stereocenters. The Bertz CT molecular complexity index is 945. The van der Waals surface area contributed by atoms with Crippen LogP contribution in [-0.4, -0.2) is 42.1 Å². The van der Waals surface area contributed by atoms with Crippen LogP contribution in [0.2, 0.25) is 0 Å². The summed E-state index contributed by atoms with van der Waals surface area (Å²) in [7, 11) is 1.80. The van der Waals surface area contributed by atoms with Gasteiger partial charge >= 0.3 is 0 Å². The summed E-state index contributed by atoms with van der Waals surface area (Å²) in [5, 5.41) is 13.8. The molecule has 1 aliphatic heterocycles. The van der Waals surface area contributed by atoms with Crippen molar-refractivity contribution in [2.75, 3.05) is 36.2 Å². The highest BCUT2D eigenvalue weighted by molar-refractivity contribution is 8.01. The van der Waals surface area contributed by atoms with E-state index >= 15 is 0 Å². The molecule has 10 heteroatoms. The number of benzene rings is 1. The lowest BCUT2D eigenvalue weighted by Crippen LogP contribution is -2.31. The third kappa shape index (κ3) is 4.40. The van der Waals surface area contributed by atoms with Gasteiger partial charge in [0.25, 0.3) is 0 Å². The molecular formula is C18H18N4O3S3. The summed E-state index contributed by atoms with van der Waals surface area (Å²) in [6, 6.07) is 9.64. The number of fused-ring (bicyclic) bond motifs is 1. The third-order valence-electron chi connectivity index (χ3n) is 3.97. The molecule has 0 aliphatic carbocycles. The van der Waals surface area contributed by atoms with E-state index < -0.39 is 0 Å². The molecule has 0 fully saturated rings. The molecular weight excluding hydrogens is 416 g/mol. The van der Waals surface area contributed by atoms with Crippen LogP contribution in [-0.2, 0) is 11.3 Å². The molecule has 4 rings (SSSR count). The number of hydrogen-bond donors (Lipinski definition) is 1. The van der Waals surface area contributed by atoms with Crippen LogP contribution < -0.4 is 19.7 Å². The lowest BCUT2D eigenvalue weighted by molar-refractivity contribution is -0.116. The van der Waals surface area contributed by atoms with E-state index in [1.807, 2.05) is 35.7 Å². The maximum absolute atomic E-state index is 13.1. The van der Waals surface area contributed by atoms with E-state index in [0.717, 1.165) is 20.0 Å². The Kier molecular flexibility index (Phi) is 5.98.